The summed E-state index contributed by atoms with van der Waals surface area (Å²) in [6.07, 6.45) is 9.34. The van der Waals surface area contributed by atoms with E-state index in [1.54, 1.807) is 24.2 Å². The van der Waals surface area contributed by atoms with Gasteiger partial charge in [-0.2, -0.15) is 0 Å². The van der Waals surface area contributed by atoms with E-state index < -0.39 is 18.0 Å². The number of benzene rings is 1. The molecule has 4 atom stereocenters. The van der Waals surface area contributed by atoms with E-state index in [0.717, 1.165) is 16.5 Å². The number of aromatic nitrogens is 1. The third-order valence-electron chi connectivity index (χ3n) is 7.27. The van der Waals surface area contributed by atoms with Crippen molar-refractivity contribution in [3.8, 4) is 5.75 Å². The molecule has 2 fully saturated rings. The van der Waals surface area contributed by atoms with Crippen LogP contribution < -0.4 is 15.4 Å². The Hall–Kier alpha value is -4.14. The zero-order valence-electron chi connectivity index (χ0n) is 21.7. The molecular weight excluding hydrogens is 484 g/mol. The molecule has 200 valence electrons. The van der Waals surface area contributed by atoms with Crippen LogP contribution in [0.4, 0.5) is 0 Å². The van der Waals surface area contributed by atoms with Crippen LogP contribution in [0.1, 0.15) is 36.7 Å². The zero-order chi connectivity index (χ0) is 27.2. The maximum Gasteiger partial charge on any atom is 0.271 e. The van der Waals surface area contributed by atoms with Gasteiger partial charge in [-0.3, -0.25) is 14.4 Å². The number of carbonyl (C=O) groups is 4. The first-order valence-corrected chi connectivity index (χ1v) is 12.9. The summed E-state index contributed by atoms with van der Waals surface area (Å²) >= 11 is 0. The minimum absolute atomic E-state index is 0.0990. The van der Waals surface area contributed by atoms with E-state index >= 15 is 0 Å². The third kappa shape index (κ3) is 5.56. The van der Waals surface area contributed by atoms with Gasteiger partial charge in [0.1, 0.15) is 23.8 Å². The molecule has 3 heterocycles. The van der Waals surface area contributed by atoms with E-state index in [1.807, 2.05) is 43.4 Å². The number of H-pyrrole nitrogens is 1. The van der Waals surface area contributed by atoms with E-state index in [4.69, 9.17) is 4.74 Å². The van der Waals surface area contributed by atoms with Crippen LogP contribution in [0.2, 0.25) is 0 Å². The molecule has 2 aromatic rings. The number of allylic oxidation sites excluding steroid dienone is 4. The molecule has 3 amide bonds. The van der Waals surface area contributed by atoms with Gasteiger partial charge in [-0.25, -0.2) is 0 Å². The van der Waals surface area contributed by atoms with Crippen molar-refractivity contribution in [1.29, 1.82) is 0 Å². The Morgan fingerprint density at radius 1 is 1.34 bits per heavy atom. The van der Waals surface area contributed by atoms with Gasteiger partial charge in [-0.1, -0.05) is 36.9 Å². The molecule has 0 saturated carbocycles. The van der Waals surface area contributed by atoms with Gasteiger partial charge in [0.2, 0.25) is 11.8 Å². The summed E-state index contributed by atoms with van der Waals surface area (Å²) in [5, 5.41) is 6.32. The van der Waals surface area contributed by atoms with Gasteiger partial charge in [0, 0.05) is 35.8 Å². The fourth-order valence-electron chi connectivity index (χ4n) is 5.39. The number of carbonyl (C=O) groups excluding carboxylic acids is 4. The standard InChI is InChI=1S/C29H34N4O5/c1-4-7-18(8-5-2)20-14-25(28(36)31-21(17-34)13-19-11-12-30-27(19)35)33(16-20)29(37)24-15-22-23(32-24)9-6-10-26(22)38-3/h4-10,15,17,19-21,25,32H,1,11-14,16H2,2-3H3,(H,30,35)(H,31,36)/b8-5-,18-7+/t19?,20-,21+,25?/m1/s1. The number of aldehydes is 1. The lowest BCUT2D eigenvalue weighted by Crippen LogP contribution is -2.49. The Morgan fingerprint density at radius 3 is 2.82 bits per heavy atom. The van der Waals surface area contributed by atoms with Crippen LogP contribution in [0.3, 0.4) is 0 Å². The zero-order valence-corrected chi connectivity index (χ0v) is 21.7. The fourth-order valence-corrected chi connectivity index (χ4v) is 5.39. The number of hydrogen-bond acceptors (Lipinski definition) is 5. The average molecular weight is 519 g/mol. The molecular formula is C29H34N4O5. The highest BCUT2D eigenvalue weighted by Gasteiger charge is 2.42. The second kappa shape index (κ2) is 11.9. The lowest BCUT2D eigenvalue weighted by Gasteiger charge is -2.25. The Morgan fingerprint density at radius 2 is 2.16 bits per heavy atom. The summed E-state index contributed by atoms with van der Waals surface area (Å²) in [6.45, 7) is 6.59. The molecule has 1 aromatic carbocycles. The van der Waals surface area contributed by atoms with Crippen LogP contribution in [0.15, 0.2) is 60.7 Å². The van der Waals surface area contributed by atoms with Gasteiger partial charge in [-0.15, -0.1) is 0 Å². The minimum atomic E-state index is -0.816. The Labute approximate surface area is 222 Å². The Balaban J connectivity index is 1.61. The summed E-state index contributed by atoms with van der Waals surface area (Å²) in [5.41, 5.74) is 2.06. The largest absolute Gasteiger partial charge is 0.496 e. The van der Waals surface area contributed by atoms with Crippen molar-refractivity contribution < 1.29 is 23.9 Å². The monoisotopic (exact) mass is 518 g/mol. The molecule has 2 aliphatic heterocycles. The topological polar surface area (TPSA) is 121 Å². The maximum absolute atomic E-state index is 13.8. The van der Waals surface area contributed by atoms with Crippen LogP contribution >= 0.6 is 0 Å². The van der Waals surface area contributed by atoms with Crippen molar-refractivity contribution in [1.82, 2.24) is 20.5 Å². The highest BCUT2D eigenvalue weighted by Crippen LogP contribution is 2.33. The van der Waals surface area contributed by atoms with Crippen molar-refractivity contribution in [3.63, 3.8) is 0 Å². The molecule has 9 heteroatoms. The van der Waals surface area contributed by atoms with Gasteiger partial charge in [0.15, 0.2) is 0 Å². The van der Waals surface area contributed by atoms with Gasteiger partial charge >= 0.3 is 0 Å². The van der Waals surface area contributed by atoms with E-state index in [-0.39, 0.29) is 30.1 Å². The van der Waals surface area contributed by atoms with Crippen LogP contribution in [0.25, 0.3) is 10.9 Å². The van der Waals surface area contributed by atoms with Gasteiger partial charge in [0.25, 0.3) is 5.91 Å². The fraction of sp³-hybridized carbons (Fsp3) is 0.379. The lowest BCUT2D eigenvalue weighted by molar-refractivity contribution is -0.128. The van der Waals surface area contributed by atoms with Gasteiger partial charge in [0.05, 0.1) is 13.2 Å². The van der Waals surface area contributed by atoms with Crippen molar-refractivity contribution in [2.75, 3.05) is 20.2 Å². The number of likely N-dealkylation sites (tertiary alicyclic amines) is 1. The van der Waals surface area contributed by atoms with Crippen LogP contribution in [0, 0.1) is 11.8 Å². The average Bonchev–Trinajstić information content (AvgIpc) is 3.66. The Kier molecular flexibility index (Phi) is 8.45. The van der Waals surface area contributed by atoms with Gasteiger partial charge < -0.3 is 30.0 Å². The first-order chi connectivity index (χ1) is 18.4. The molecule has 4 rings (SSSR count). The molecule has 2 unspecified atom stereocenters. The third-order valence-corrected chi connectivity index (χ3v) is 7.27. The van der Waals surface area contributed by atoms with Crippen molar-refractivity contribution in [2.24, 2.45) is 11.8 Å². The molecule has 1 aromatic heterocycles. The van der Waals surface area contributed by atoms with E-state index in [9.17, 15) is 19.2 Å². The number of hydrogen-bond donors (Lipinski definition) is 3. The van der Waals surface area contributed by atoms with Crippen LogP contribution in [-0.4, -0.2) is 66.2 Å². The Bertz CT molecular complexity index is 1290. The number of fused-ring (bicyclic) bond motifs is 1. The molecule has 2 aliphatic rings. The molecule has 0 radical (unpaired) electrons. The number of nitrogens with zero attached hydrogens (tertiary/aromatic N) is 1. The maximum atomic E-state index is 13.8. The van der Waals surface area contributed by atoms with Crippen molar-refractivity contribution in [2.45, 2.75) is 38.3 Å². The minimum Gasteiger partial charge on any atom is -0.496 e. The number of ether oxygens (including phenoxy) is 1. The number of aromatic amines is 1. The second-order valence-electron chi connectivity index (χ2n) is 9.68. The summed E-state index contributed by atoms with van der Waals surface area (Å²) in [4.78, 5) is 55.8. The molecule has 0 spiro atoms. The normalized spacial score (nSPS) is 22.5. The quantitative estimate of drug-likeness (QED) is 0.330. The highest BCUT2D eigenvalue weighted by molar-refractivity contribution is 6.02. The smallest absolute Gasteiger partial charge is 0.271 e. The summed E-state index contributed by atoms with van der Waals surface area (Å²) in [6, 6.07) is 5.64. The van der Waals surface area contributed by atoms with Crippen LogP contribution in [-0.2, 0) is 14.4 Å². The van der Waals surface area contributed by atoms with Crippen molar-refractivity contribution >= 4 is 34.9 Å². The van der Waals surface area contributed by atoms with Crippen molar-refractivity contribution in [3.05, 3.63) is 66.4 Å². The first kappa shape index (κ1) is 26.9. The molecule has 0 bridgehead atoms. The molecule has 38 heavy (non-hydrogen) atoms. The molecule has 2 saturated heterocycles. The van der Waals surface area contributed by atoms with E-state index in [0.29, 0.717) is 43.7 Å². The molecule has 0 aliphatic carbocycles. The number of nitrogens with one attached hydrogen (secondary N) is 3. The molecule has 9 nitrogen and oxygen atoms in total. The summed E-state index contributed by atoms with van der Waals surface area (Å²) in [7, 11) is 1.57. The van der Waals surface area contributed by atoms with E-state index in [1.165, 1.54) is 0 Å². The van der Waals surface area contributed by atoms with E-state index in [2.05, 4.69) is 22.2 Å². The summed E-state index contributed by atoms with van der Waals surface area (Å²) < 4.78 is 5.43. The highest BCUT2D eigenvalue weighted by atomic mass is 16.5. The first-order valence-electron chi connectivity index (χ1n) is 12.9. The van der Waals surface area contributed by atoms with Gasteiger partial charge in [-0.05, 0) is 50.0 Å². The summed E-state index contributed by atoms with van der Waals surface area (Å²) in [5.74, 6) is -0.620. The number of rotatable bonds is 10. The lowest BCUT2D eigenvalue weighted by atomic mass is 9.94. The molecule has 3 N–H and O–H groups in total. The second-order valence-corrected chi connectivity index (χ2v) is 9.68. The van der Waals surface area contributed by atoms with Crippen LogP contribution in [0.5, 0.6) is 5.75 Å². The predicted octanol–water partition coefficient (Wildman–Crippen LogP) is 2.91. The SMILES string of the molecule is C=C/C=C(\C=C/C)[C@@H]1CC(C(=O)N[C@H](C=O)CC2CCNC2=O)N(C(=O)c2cc3c(OC)cccc3[nH]2)C1. The predicted molar refractivity (Wildman–Crippen MR) is 145 cm³/mol. The number of amides is 3. The number of methoxy groups -OCH3 is 1.